The third kappa shape index (κ3) is 2.67. The number of carbonyl (C=O) groups excluding carboxylic acids is 1. The summed E-state index contributed by atoms with van der Waals surface area (Å²) in [6, 6.07) is 9.62. The van der Waals surface area contributed by atoms with Crippen molar-refractivity contribution in [2.45, 2.75) is 44.7 Å². The molecule has 1 fully saturated rings. The average molecular weight is 309 g/mol. The number of amides is 1. The molecule has 0 radical (unpaired) electrons. The van der Waals surface area contributed by atoms with Gasteiger partial charge in [0.2, 0.25) is 0 Å². The molecule has 23 heavy (non-hydrogen) atoms. The maximum atomic E-state index is 12.9. The Labute approximate surface area is 134 Å². The van der Waals surface area contributed by atoms with Gasteiger partial charge in [0.15, 0.2) is 0 Å². The molecule has 1 aromatic heterocycles. The van der Waals surface area contributed by atoms with Crippen LogP contribution in [0.5, 0.6) is 0 Å². The van der Waals surface area contributed by atoms with E-state index in [1.807, 2.05) is 24.0 Å². The number of rotatable bonds is 2. The molecule has 1 atom stereocenters. The van der Waals surface area contributed by atoms with Crippen LogP contribution in [0, 0.1) is 0 Å². The molecule has 1 aliphatic heterocycles. The van der Waals surface area contributed by atoms with Crippen molar-refractivity contribution in [2.75, 3.05) is 0 Å². The van der Waals surface area contributed by atoms with E-state index in [0.29, 0.717) is 18.3 Å². The summed E-state index contributed by atoms with van der Waals surface area (Å²) in [5.74, 6) is 0.820. The molecule has 1 N–H and O–H groups in total. The smallest absolute Gasteiger partial charge is 0.273 e. The van der Waals surface area contributed by atoms with E-state index in [4.69, 9.17) is 0 Å². The minimum atomic E-state index is -0.240. The Kier molecular flexibility index (Phi) is 3.29. The van der Waals surface area contributed by atoms with Crippen molar-refractivity contribution in [3.63, 3.8) is 0 Å². The maximum Gasteiger partial charge on any atom is 0.273 e. The van der Waals surface area contributed by atoms with Gasteiger partial charge in [0.05, 0.1) is 0 Å². The summed E-state index contributed by atoms with van der Waals surface area (Å²) in [5.41, 5.74) is 2.49. The second-order valence-corrected chi connectivity index (χ2v) is 6.55. The number of nitrogens with zero attached hydrogens (tertiary/aromatic N) is 2. The zero-order valence-corrected chi connectivity index (χ0v) is 13.1. The van der Waals surface area contributed by atoms with Gasteiger partial charge in [-0.05, 0) is 37.3 Å². The number of fused-ring (bicyclic) bond motifs is 1. The first kappa shape index (κ1) is 14.2. The first-order valence-electron chi connectivity index (χ1n) is 8.11. The van der Waals surface area contributed by atoms with Crippen molar-refractivity contribution < 1.29 is 4.79 Å². The Hall–Kier alpha value is -2.43. The standard InChI is InChI=1S/C18H19N3O2/c1-11-8-13-4-2-3-5-14(13)10-21(11)18(23)15-9-16(22)20-17(19-15)12-6-7-12/h2-5,9,11-12H,6-8,10H2,1H3,(H,19,20,22). The normalized spacial score (nSPS) is 20.2. The lowest BCUT2D eigenvalue weighted by Gasteiger charge is -2.34. The number of aromatic amines is 1. The minimum absolute atomic E-state index is 0.0999. The molecule has 0 bridgehead atoms. The van der Waals surface area contributed by atoms with Crippen LogP contribution >= 0.6 is 0 Å². The van der Waals surface area contributed by atoms with Crippen molar-refractivity contribution in [3.05, 3.63) is 63.3 Å². The van der Waals surface area contributed by atoms with Crippen LogP contribution in [0.4, 0.5) is 0 Å². The van der Waals surface area contributed by atoms with E-state index in [-0.39, 0.29) is 23.2 Å². The number of hydrogen-bond acceptors (Lipinski definition) is 3. The summed E-state index contributed by atoms with van der Waals surface area (Å²) in [6.07, 6.45) is 2.91. The number of H-pyrrole nitrogens is 1. The maximum absolute atomic E-state index is 12.9. The van der Waals surface area contributed by atoms with E-state index in [1.165, 1.54) is 17.2 Å². The van der Waals surface area contributed by atoms with E-state index in [1.54, 1.807) is 0 Å². The summed E-state index contributed by atoms with van der Waals surface area (Å²) in [5, 5.41) is 0. The molecule has 2 aliphatic rings. The second kappa shape index (κ2) is 5.33. The number of benzene rings is 1. The fourth-order valence-electron chi connectivity index (χ4n) is 3.23. The predicted molar refractivity (Wildman–Crippen MR) is 86.3 cm³/mol. The molecule has 1 aliphatic carbocycles. The Morgan fingerprint density at radius 3 is 2.74 bits per heavy atom. The molecule has 4 rings (SSSR count). The van der Waals surface area contributed by atoms with Gasteiger partial charge in [-0.1, -0.05) is 24.3 Å². The van der Waals surface area contributed by atoms with Crippen LogP contribution in [0.2, 0.25) is 0 Å². The van der Waals surface area contributed by atoms with Crippen LogP contribution in [-0.2, 0) is 13.0 Å². The van der Waals surface area contributed by atoms with E-state index in [9.17, 15) is 9.59 Å². The van der Waals surface area contributed by atoms with Gasteiger partial charge in [0.25, 0.3) is 11.5 Å². The van der Waals surface area contributed by atoms with E-state index >= 15 is 0 Å². The SMILES string of the molecule is CC1Cc2ccccc2CN1C(=O)c1cc(=O)[nH]c(C2CC2)n1. The zero-order valence-electron chi connectivity index (χ0n) is 13.1. The summed E-state index contributed by atoms with van der Waals surface area (Å²) in [4.78, 5) is 33.7. The molecule has 2 heterocycles. The molecular formula is C18H19N3O2. The van der Waals surface area contributed by atoms with Crippen LogP contribution in [0.3, 0.4) is 0 Å². The Balaban J connectivity index is 1.65. The molecule has 2 aromatic rings. The lowest BCUT2D eigenvalue weighted by molar-refractivity contribution is 0.0651. The van der Waals surface area contributed by atoms with Crippen molar-refractivity contribution in [1.29, 1.82) is 0 Å². The van der Waals surface area contributed by atoms with Gasteiger partial charge < -0.3 is 9.88 Å². The largest absolute Gasteiger partial charge is 0.330 e. The van der Waals surface area contributed by atoms with Crippen molar-refractivity contribution in [1.82, 2.24) is 14.9 Å². The molecular weight excluding hydrogens is 290 g/mol. The highest BCUT2D eigenvalue weighted by Crippen LogP contribution is 2.37. The summed E-state index contributed by atoms with van der Waals surface area (Å²) >= 11 is 0. The average Bonchev–Trinajstić information content (AvgIpc) is 3.38. The summed E-state index contributed by atoms with van der Waals surface area (Å²) in [7, 11) is 0. The van der Waals surface area contributed by atoms with Gasteiger partial charge in [0, 0.05) is 24.6 Å². The van der Waals surface area contributed by atoms with Crippen LogP contribution in [0.1, 0.15) is 53.1 Å². The zero-order chi connectivity index (χ0) is 16.0. The highest BCUT2D eigenvalue weighted by Gasteiger charge is 2.31. The van der Waals surface area contributed by atoms with Crippen LogP contribution in [0.25, 0.3) is 0 Å². The van der Waals surface area contributed by atoms with E-state index in [2.05, 4.69) is 22.1 Å². The van der Waals surface area contributed by atoms with Gasteiger partial charge in [-0.3, -0.25) is 9.59 Å². The summed E-state index contributed by atoms with van der Waals surface area (Å²) < 4.78 is 0. The quantitative estimate of drug-likeness (QED) is 0.925. The van der Waals surface area contributed by atoms with Gasteiger partial charge in [-0.2, -0.15) is 0 Å². The van der Waals surface area contributed by atoms with Crippen LogP contribution < -0.4 is 5.56 Å². The lowest BCUT2D eigenvalue weighted by atomic mass is 9.94. The van der Waals surface area contributed by atoms with Crippen LogP contribution in [0.15, 0.2) is 35.1 Å². The fourth-order valence-corrected chi connectivity index (χ4v) is 3.23. The highest BCUT2D eigenvalue weighted by molar-refractivity contribution is 5.92. The first-order valence-corrected chi connectivity index (χ1v) is 8.11. The van der Waals surface area contributed by atoms with E-state index < -0.39 is 0 Å². The topological polar surface area (TPSA) is 66.1 Å². The van der Waals surface area contributed by atoms with Crippen LogP contribution in [-0.4, -0.2) is 26.8 Å². The monoisotopic (exact) mass is 309 g/mol. The molecule has 5 nitrogen and oxygen atoms in total. The first-order chi connectivity index (χ1) is 11.1. The Morgan fingerprint density at radius 1 is 1.26 bits per heavy atom. The molecule has 0 spiro atoms. The molecule has 5 heteroatoms. The fraction of sp³-hybridized carbons (Fsp3) is 0.389. The Bertz CT molecular complexity index is 823. The van der Waals surface area contributed by atoms with Gasteiger partial charge in [-0.15, -0.1) is 0 Å². The van der Waals surface area contributed by atoms with Gasteiger partial charge in [0.1, 0.15) is 11.5 Å². The number of nitrogens with one attached hydrogen (secondary N) is 1. The van der Waals surface area contributed by atoms with Gasteiger partial charge >= 0.3 is 0 Å². The second-order valence-electron chi connectivity index (χ2n) is 6.55. The molecule has 1 aromatic carbocycles. The number of hydrogen-bond donors (Lipinski definition) is 1. The van der Waals surface area contributed by atoms with Crippen molar-refractivity contribution in [3.8, 4) is 0 Å². The minimum Gasteiger partial charge on any atom is -0.330 e. The third-order valence-electron chi connectivity index (χ3n) is 4.71. The third-order valence-corrected chi connectivity index (χ3v) is 4.71. The van der Waals surface area contributed by atoms with E-state index in [0.717, 1.165) is 19.3 Å². The van der Waals surface area contributed by atoms with Gasteiger partial charge in [-0.25, -0.2) is 4.98 Å². The highest BCUT2D eigenvalue weighted by atomic mass is 16.2. The summed E-state index contributed by atoms with van der Waals surface area (Å²) in [6.45, 7) is 2.62. The molecule has 118 valence electrons. The van der Waals surface area contributed by atoms with Crippen molar-refractivity contribution in [2.24, 2.45) is 0 Å². The number of carbonyl (C=O) groups is 1. The molecule has 1 amide bonds. The Morgan fingerprint density at radius 2 is 2.00 bits per heavy atom. The number of aromatic nitrogens is 2. The lowest BCUT2D eigenvalue weighted by Crippen LogP contribution is -2.43. The molecule has 1 saturated carbocycles. The van der Waals surface area contributed by atoms with Crippen molar-refractivity contribution >= 4 is 5.91 Å². The molecule has 0 saturated heterocycles. The predicted octanol–water partition coefficient (Wildman–Crippen LogP) is 2.23. The molecule has 1 unspecified atom stereocenters.